The molecule has 0 saturated heterocycles. The van der Waals surface area contributed by atoms with Crippen molar-refractivity contribution in [2.75, 3.05) is 0 Å². The zero-order valence-corrected chi connectivity index (χ0v) is 12.6. The van der Waals surface area contributed by atoms with Crippen molar-refractivity contribution in [3.63, 3.8) is 0 Å². The lowest BCUT2D eigenvalue weighted by Gasteiger charge is -2.60. The van der Waals surface area contributed by atoms with Crippen molar-refractivity contribution in [2.45, 2.75) is 52.4 Å². The first kappa shape index (κ1) is 12.6. The molecule has 4 aliphatic carbocycles. The second-order valence-electron chi connectivity index (χ2n) is 8.25. The largest absolute Gasteiger partial charge is 0.294 e. The molecular formula is C19H24O. The number of benzene rings is 1. The zero-order valence-electron chi connectivity index (χ0n) is 12.6. The molecule has 4 aliphatic rings. The Bertz CT molecular complexity index is 557. The number of hydrogen-bond acceptors (Lipinski definition) is 1. The summed E-state index contributed by atoms with van der Waals surface area (Å²) in [4.78, 5) is 13.2. The van der Waals surface area contributed by atoms with Crippen molar-refractivity contribution in [3.8, 4) is 0 Å². The van der Waals surface area contributed by atoms with E-state index in [0.29, 0.717) is 11.2 Å². The van der Waals surface area contributed by atoms with E-state index in [2.05, 4.69) is 26.0 Å². The van der Waals surface area contributed by atoms with Crippen LogP contribution in [0.25, 0.3) is 0 Å². The highest BCUT2D eigenvalue weighted by atomic mass is 16.1. The van der Waals surface area contributed by atoms with Crippen molar-refractivity contribution >= 4 is 5.78 Å². The summed E-state index contributed by atoms with van der Waals surface area (Å²) in [5.41, 5.74) is 2.58. The fourth-order valence-corrected chi connectivity index (χ4v) is 6.08. The number of aryl methyl sites for hydroxylation is 1. The van der Waals surface area contributed by atoms with Crippen LogP contribution in [-0.2, 0) is 0 Å². The number of hydrogen-bond donors (Lipinski definition) is 0. The molecule has 1 heteroatoms. The van der Waals surface area contributed by atoms with Gasteiger partial charge < -0.3 is 0 Å². The Balaban J connectivity index is 1.72. The van der Waals surface area contributed by atoms with Gasteiger partial charge in [-0.3, -0.25) is 4.79 Å². The molecule has 1 aromatic rings. The third-order valence-corrected chi connectivity index (χ3v) is 6.12. The Morgan fingerprint density at radius 1 is 1.15 bits per heavy atom. The van der Waals surface area contributed by atoms with Crippen LogP contribution in [0.4, 0.5) is 0 Å². The summed E-state index contributed by atoms with van der Waals surface area (Å²) in [6.07, 6.45) is 7.58. The maximum atomic E-state index is 13.2. The van der Waals surface area contributed by atoms with E-state index in [1.165, 1.54) is 24.8 Å². The lowest BCUT2D eigenvalue weighted by molar-refractivity contribution is -0.0820. The molecule has 4 bridgehead atoms. The summed E-state index contributed by atoms with van der Waals surface area (Å²) in [5.74, 6) is 2.08. The highest BCUT2D eigenvalue weighted by Gasteiger charge is 2.58. The first-order valence-corrected chi connectivity index (χ1v) is 8.10. The Kier molecular flexibility index (Phi) is 2.50. The van der Waals surface area contributed by atoms with Gasteiger partial charge >= 0.3 is 0 Å². The Labute approximate surface area is 121 Å². The first-order chi connectivity index (χ1) is 9.48. The molecule has 0 amide bonds. The highest BCUT2D eigenvalue weighted by molar-refractivity contribution is 6.01. The normalized spacial score (nSPS) is 41.9. The average molecular weight is 268 g/mol. The van der Waals surface area contributed by atoms with Crippen LogP contribution in [0.2, 0.25) is 0 Å². The second-order valence-corrected chi connectivity index (χ2v) is 8.25. The smallest absolute Gasteiger partial charge is 0.169 e. The molecule has 0 N–H and O–H groups in total. The third-order valence-electron chi connectivity index (χ3n) is 6.12. The monoisotopic (exact) mass is 268 g/mol. The van der Waals surface area contributed by atoms with Crippen LogP contribution in [0.5, 0.6) is 0 Å². The fraction of sp³-hybridized carbons (Fsp3) is 0.632. The zero-order chi connectivity index (χ0) is 14.0. The van der Waals surface area contributed by atoms with Crippen molar-refractivity contribution in [1.82, 2.24) is 0 Å². The number of carbonyl (C=O) groups excluding carboxylic acids is 1. The molecule has 0 radical (unpaired) electrons. The summed E-state index contributed by atoms with van der Waals surface area (Å²) < 4.78 is 0. The Morgan fingerprint density at radius 2 is 1.85 bits per heavy atom. The molecule has 2 unspecified atom stereocenters. The SMILES string of the molecule is Cc1cccc(C(=O)C23CC4CC(CC(C)(C4)C2)C3)c1. The predicted octanol–water partition coefficient (Wildman–Crippen LogP) is 4.78. The van der Waals surface area contributed by atoms with Crippen LogP contribution >= 0.6 is 0 Å². The topological polar surface area (TPSA) is 17.1 Å². The van der Waals surface area contributed by atoms with E-state index >= 15 is 0 Å². The summed E-state index contributed by atoms with van der Waals surface area (Å²) in [5, 5.41) is 0. The molecule has 0 aliphatic heterocycles. The molecule has 1 aromatic carbocycles. The predicted molar refractivity (Wildman–Crippen MR) is 80.7 cm³/mol. The molecular weight excluding hydrogens is 244 g/mol. The van der Waals surface area contributed by atoms with Crippen LogP contribution in [0.15, 0.2) is 24.3 Å². The number of carbonyl (C=O) groups is 1. The lowest BCUT2D eigenvalue weighted by atomic mass is 9.43. The van der Waals surface area contributed by atoms with Crippen molar-refractivity contribution in [2.24, 2.45) is 22.7 Å². The van der Waals surface area contributed by atoms with E-state index in [1.807, 2.05) is 12.1 Å². The summed E-state index contributed by atoms with van der Waals surface area (Å²) in [6.45, 7) is 4.51. The minimum atomic E-state index is -0.0212. The molecule has 1 nitrogen and oxygen atoms in total. The van der Waals surface area contributed by atoms with E-state index in [4.69, 9.17) is 0 Å². The number of ketones is 1. The van der Waals surface area contributed by atoms with Gasteiger partial charge in [-0.05, 0) is 68.8 Å². The van der Waals surface area contributed by atoms with Gasteiger partial charge in [0.2, 0.25) is 0 Å². The number of rotatable bonds is 2. The summed E-state index contributed by atoms with van der Waals surface area (Å²) in [6, 6.07) is 8.22. The van der Waals surface area contributed by atoms with Gasteiger partial charge in [-0.15, -0.1) is 0 Å². The highest BCUT2D eigenvalue weighted by Crippen LogP contribution is 2.65. The van der Waals surface area contributed by atoms with Crippen LogP contribution in [0.3, 0.4) is 0 Å². The van der Waals surface area contributed by atoms with E-state index < -0.39 is 0 Å². The van der Waals surface area contributed by atoms with E-state index in [0.717, 1.165) is 36.7 Å². The molecule has 2 atom stereocenters. The summed E-state index contributed by atoms with van der Waals surface area (Å²) >= 11 is 0. The maximum Gasteiger partial charge on any atom is 0.169 e. The van der Waals surface area contributed by atoms with Gasteiger partial charge in [0.1, 0.15) is 0 Å². The van der Waals surface area contributed by atoms with E-state index in [1.54, 1.807) is 0 Å². The molecule has 20 heavy (non-hydrogen) atoms. The second kappa shape index (κ2) is 3.96. The van der Waals surface area contributed by atoms with Crippen molar-refractivity contribution in [3.05, 3.63) is 35.4 Å². The van der Waals surface area contributed by atoms with Gasteiger partial charge in [-0.25, -0.2) is 0 Å². The molecule has 0 spiro atoms. The van der Waals surface area contributed by atoms with Crippen LogP contribution in [-0.4, -0.2) is 5.78 Å². The third kappa shape index (κ3) is 1.78. The molecule has 5 rings (SSSR count). The molecule has 0 aromatic heterocycles. The van der Waals surface area contributed by atoms with Crippen LogP contribution in [0, 0.1) is 29.6 Å². The fourth-order valence-electron chi connectivity index (χ4n) is 6.08. The maximum absolute atomic E-state index is 13.2. The molecule has 0 heterocycles. The van der Waals surface area contributed by atoms with Gasteiger partial charge in [0.25, 0.3) is 0 Å². The molecule has 4 fully saturated rings. The van der Waals surface area contributed by atoms with Gasteiger partial charge in [0, 0.05) is 11.0 Å². The van der Waals surface area contributed by atoms with Gasteiger partial charge in [0.15, 0.2) is 5.78 Å². The quantitative estimate of drug-likeness (QED) is 0.705. The van der Waals surface area contributed by atoms with Crippen LogP contribution in [0.1, 0.15) is 61.4 Å². The van der Waals surface area contributed by atoms with E-state index in [9.17, 15) is 4.79 Å². The molecule has 4 saturated carbocycles. The van der Waals surface area contributed by atoms with E-state index in [-0.39, 0.29) is 5.41 Å². The summed E-state index contributed by atoms with van der Waals surface area (Å²) in [7, 11) is 0. The lowest BCUT2D eigenvalue weighted by Crippen LogP contribution is -2.54. The van der Waals surface area contributed by atoms with Gasteiger partial charge in [-0.2, -0.15) is 0 Å². The minimum absolute atomic E-state index is 0.0212. The average Bonchev–Trinajstić information content (AvgIpc) is 2.35. The van der Waals surface area contributed by atoms with Crippen molar-refractivity contribution < 1.29 is 4.79 Å². The number of Topliss-reactive ketones (excluding diaryl/α,β-unsaturated/α-hetero) is 1. The van der Waals surface area contributed by atoms with Crippen LogP contribution < -0.4 is 0 Å². The Morgan fingerprint density at radius 3 is 2.45 bits per heavy atom. The standard InChI is InChI=1S/C19H24O/c1-13-4-3-5-16(6-13)17(20)19-10-14-7-15(11-19)9-18(2,8-14)12-19/h3-6,14-15H,7-12H2,1-2H3. The van der Waals surface area contributed by atoms with Gasteiger partial charge in [-0.1, -0.05) is 30.7 Å². The first-order valence-electron chi connectivity index (χ1n) is 8.10. The van der Waals surface area contributed by atoms with Crippen molar-refractivity contribution in [1.29, 1.82) is 0 Å². The van der Waals surface area contributed by atoms with Gasteiger partial charge in [0.05, 0.1) is 0 Å². The molecule has 106 valence electrons. The minimum Gasteiger partial charge on any atom is -0.294 e. The Hall–Kier alpha value is -1.11.